The van der Waals surface area contributed by atoms with Crippen molar-refractivity contribution in [3.63, 3.8) is 0 Å². The summed E-state index contributed by atoms with van der Waals surface area (Å²) in [6, 6.07) is 9.75. The van der Waals surface area contributed by atoms with Crippen LogP contribution in [0.25, 0.3) is 0 Å². The average molecular weight is 293 g/mol. The van der Waals surface area contributed by atoms with E-state index in [1.807, 2.05) is 44.2 Å². The van der Waals surface area contributed by atoms with Crippen LogP contribution in [0, 0.1) is 0 Å². The van der Waals surface area contributed by atoms with Crippen LogP contribution in [0.1, 0.15) is 35.0 Å². The maximum absolute atomic E-state index is 11.4. The number of carboxylic acid groups (broad SMARTS) is 1. The van der Waals surface area contributed by atoms with Crippen molar-refractivity contribution in [1.82, 2.24) is 0 Å². The molecule has 0 amide bonds. The number of carboxylic acids is 1. The molecule has 1 aromatic carbocycles. The van der Waals surface area contributed by atoms with Gasteiger partial charge in [0.05, 0.1) is 0 Å². The fourth-order valence-corrected chi connectivity index (χ4v) is 4.18. The Labute approximate surface area is 120 Å². The highest BCUT2D eigenvalue weighted by Crippen LogP contribution is 2.44. The van der Waals surface area contributed by atoms with Crippen LogP contribution in [0.4, 0.5) is 5.00 Å². The third kappa shape index (κ3) is 2.93. The molecule has 0 saturated heterocycles. The lowest BCUT2D eigenvalue weighted by Gasteiger charge is -2.07. The van der Waals surface area contributed by atoms with Crippen LogP contribution in [-0.4, -0.2) is 11.1 Å². The highest BCUT2D eigenvalue weighted by atomic mass is 32.2. The van der Waals surface area contributed by atoms with E-state index in [0.717, 1.165) is 14.7 Å². The fraction of sp³-hybridized carbons (Fsp3) is 0.214. The van der Waals surface area contributed by atoms with Gasteiger partial charge in [0.2, 0.25) is 0 Å². The Morgan fingerprint density at radius 3 is 2.47 bits per heavy atom. The minimum Gasteiger partial charge on any atom is -0.478 e. The van der Waals surface area contributed by atoms with Crippen molar-refractivity contribution in [1.29, 1.82) is 0 Å². The molecule has 0 aliphatic carbocycles. The summed E-state index contributed by atoms with van der Waals surface area (Å²) in [5.74, 6) is -0.703. The smallest absolute Gasteiger partial charge is 0.339 e. The maximum Gasteiger partial charge on any atom is 0.339 e. The molecule has 19 heavy (non-hydrogen) atoms. The first kappa shape index (κ1) is 14.0. The molecule has 1 aromatic heterocycles. The molecule has 1 heterocycles. The van der Waals surface area contributed by atoms with Gasteiger partial charge < -0.3 is 10.8 Å². The number of anilines is 1. The molecule has 5 heteroatoms. The predicted molar refractivity (Wildman–Crippen MR) is 80.3 cm³/mol. The number of hydrogen-bond acceptors (Lipinski definition) is 4. The van der Waals surface area contributed by atoms with Gasteiger partial charge in [0.1, 0.15) is 10.6 Å². The van der Waals surface area contributed by atoms with E-state index in [1.54, 1.807) is 0 Å². The Hall–Kier alpha value is -1.46. The quantitative estimate of drug-likeness (QED) is 0.882. The van der Waals surface area contributed by atoms with E-state index >= 15 is 0 Å². The van der Waals surface area contributed by atoms with Crippen LogP contribution in [0.5, 0.6) is 0 Å². The van der Waals surface area contributed by atoms with E-state index in [2.05, 4.69) is 0 Å². The first-order chi connectivity index (χ1) is 9.00. The molecule has 0 aliphatic heterocycles. The Kier molecular flexibility index (Phi) is 4.17. The zero-order valence-corrected chi connectivity index (χ0v) is 12.3. The molecule has 0 bridgehead atoms. The minimum atomic E-state index is -0.959. The van der Waals surface area contributed by atoms with Gasteiger partial charge in [-0.05, 0) is 18.1 Å². The van der Waals surface area contributed by atoms with Gasteiger partial charge in [-0.25, -0.2) is 4.79 Å². The number of nitrogens with two attached hydrogens (primary N) is 1. The van der Waals surface area contributed by atoms with Crippen molar-refractivity contribution in [3.8, 4) is 0 Å². The monoisotopic (exact) mass is 293 g/mol. The first-order valence-corrected chi connectivity index (χ1v) is 7.52. The molecule has 2 aromatic rings. The number of carbonyl (C=O) groups is 1. The Morgan fingerprint density at radius 1 is 1.32 bits per heavy atom. The maximum atomic E-state index is 11.4. The average Bonchev–Trinajstić information content (AvgIpc) is 2.67. The lowest BCUT2D eigenvalue weighted by molar-refractivity contribution is 0.0695. The molecule has 100 valence electrons. The van der Waals surface area contributed by atoms with Gasteiger partial charge in [0.15, 0.2) is 0 Å². The normalized spacial score (nSPS) is 10.9. The van der Waals surface area contributed by atoms with Crippen LogP contribution in [-0.2, 0) is 0 Å². The summed E-state index contributed by atoms with van der Waals surface area (Å²) in [4.78, 5) is 14.2. The zero-order valence-electron chi connectivity index (χ0n) is 10.7. The summed E-state index contributed by atoms with van der Waals surface area (Å²) >= 11 is 2.84. The molecular weight excluding hydrogens is 278 g/mol. The number of rotatable bonds is 4. The van der Waals surface area contributed by atoms with E-state index in [0.29, 0.717) is 5.00 Å². The Bertz CT molecular complexity index is 591. The fourth-order valence-electron chi connectivity index (χ4n) is 1.74. The second-order valence-electron chi connectivity index (χ2n) is 4.41. The van der Waals surface area contributed by atoms with E-state index in [1.165, 1.54) is 23.1 Å². The molecule has 0 atom stereocenters. The highest BCUT2D eigenvalue weighted by molar-refractivity contribution is 7.99. The predicted octanol–water partition coefficient (Wildman–Crippen LogP) is 4.30. The van der Waals surface area contributed by atoms with Gasteiger partial charge in [0.25, 0.3) is 0 Å². The summed E-state index contributed by atoms with van der Waals surface area (Å²) in [7, 11) is 0. The molecule has 0 saturated carbocycles. The standard InChI is InChI=1S/C14H15NO2S2/c1-8(2)11-12(10(14(16)17)13(15)19-11)18-9-6-4-3-5-7-9/h3-8H,15H2,1-2H3,(H,16,17). The van der Waals surface area contributed by atoms with Crippen LogP contribution < -0.4 is 5.73 Å². The number of hydrogen-bond donors (Lipinski definition) is 2. The second kappa shape index (κ2) is 5.67. The summed E-state index contributed by atoms with van der Waals surface area (Å²) in [6.45, 7) is 4.10. The number of benzene rings is 1. The largest absolute Gasteiger partial charge is 0.478 e. The number of nitrogen functional groups attached to an aromatic ring is 1. The second-order valence-corrected chi connectivity index (χ2v) is 6.58. The molecule has 2 rings (SSSR count). The van der Waals surface area contributed by atoms with Gasteiger partial charge >= 0.3 is 5.97 Å². The van der Waals surface area contributed by atoms with Gasteiger partial charge in [0, 0.05) is 14.7 Å². The SMILES string of the molecule is CC(C)c1sc(N)c(C(=O)O)c1Sc1ccccc1. The van der Waals surface area contributed by atoms with E-state index in [4.69, 9.17) is 5.73 Å². The Morgan fingerprint density at radius 2 is 1.95 bits per heavy atom. The van der Waals surface area contributed by atoms with E-state index < -0.39 is 5.97 Å². The van der Waals surface area contributed by atoms with Crippen LogP contribution >= 0.6 is 23.1 Å². The summed E-state index contributed by atoms with van der Waals surface area (Å²) in [5, 5.41) is 9.72. The number of aromatic carboxylic acids is 1. The number of thiophene rings is 1. The van der Waals surface area contributed by atoms with Gasteiger partial charge in [-0.1, -0.05) is 43.8 Å². The molecule has 0 aliphatic rings. The van der Waals surface area contributed by atoms with Crippen LogP contribution in [0.2, 0.25) is 0 Å². The molecule has 0 unspecified atom stereocenters. The van der Waals surface area contributed by atoms with Gasteiger partial charge in [-0.2, -0.15) is 0 Å². The van der Waals surface area contributed by atoms with Gasteiger partial charge in [-0.15, -0.1) is 11.3 Å². The summed E-state index contributed by atoms with van der Waals surface area (Å²) in [6.07, 6.45) is 0. The van der Waals surface area contributed by atoms with Crippen molar-refractivity contribution in [2.75, 3.05) is 5.73 Å². The van der Waals surface area contributed by atoms with Crippen molar-refractivity contribution >= 4 is 34.1 Å². The van der Waals surface area contributed by atoms with Crippen LogP contribution in [0.3, 0.4) is 0 Å². The van der Waals surface area contributed by atoms with Crippen molar-refractivity contribution in [2.45, 2.75) is 29.6 Å². The topological polar surface area (TPSA) is 63.3 Å². The van der Waals surface area contributed by atoms with Crippen molar-refractivity contribution < 1.29 is 9.90 Å². The van der Waals surface area contributed by atoms with E-state index in [9.17, 15) is 9.90 Å². The first-order valence-electron chi connectivity index (χ1n) is 5.89. The third-order valence-electron chi connectivity index (χ3n) is 2.62. The summed E-state index contributed by atoms with van der Waals surface area (Å²) in [5.41, 5.74) is 6.10. The summed E-state index contributed by atoms with van der Waals surface area (Å²) < 4.78 is 0. The molecule has 3 N–H and O–H groups in total. The molecule has 0 fully saturated rings. The van der Waals surface area contributed by atoms with Crippen LogP contribution in [0.15, 0.2) is 40.1 Å². The van der Waals surface area contributed by atoms with Crippen molar-refractivity contribution in [3.05, 3.63) is 40.8 Å². The zero-order chi connectivity index (χ0) is 14.0. The lowest BCUT2D eigenvalue weighted by atomic mass is 10.1. The molecule has 3 nitrogen and oxygen atoms in total. The highest BCUT2D eigenvalue weighted by Gasteiger charge is 2.24. The van der Waals surface area contributed by atoms with Crippen molar-refractivity contribution in [2.24, 2.45) is 0 Å². The lowest BCUT2D eigenvalue weighted by Crippen LogP contribution is -2.00. The molecular formula is C14H15NO2S2. The third-order valence-corrected chi connectivity index (χ3v) is 5.20. The minimum absolute atomic E-state index is 0.238. The Balaban J connectivity index is 2.50. The molecule has 0 spiro atoms. The van der Waals surface area contributed by atoms with E-state index in [-0.39, 0.29) is 11.5 Å². The molecule has 0 radical (unpaired) electrons. The van der Waals surface area contributed by atoms with Gasteiger partial charge in [-0.3, -0.25) is 0 Å².